The van der Waals surface area contributed by atoms with Gasteiger partial charge in [0.15, 0.2) is 11.5 Å². The number of ether oxygens (including phenoxy) is 2. The van der Waals surface area contributed by atoms with Gasteiger partial charge < -0.3 is 19.9 Å². The van der Waals surface area contributed by atoms with Crippen LogP contribution in [0.3, 0.4) is 0 Å². The van der Waals surface area contributed by atoms with Crippen LogP contribution in [-0.4, -0.2) is 29.1 Å². The molecule has 1 aliphatic rings. The number of phenolic OH excluding ortho intramolecular Hbond substituents is 1. The van der Waals surface area contributed by atoms with Gasteiger partial charge in [0.1, 0.15) is 6.17 Å². The van der Waals surface area contributed by atoms with E-state index in [4.69, 9.17) is 9.47 Å². The van der Waals surface area contributed by atoms with Crippen LogP contribution in [-0.2, 0) is 0 Å². The molecular weight excluding hydrogens is 318 g/mol. The number of para-hydroxylation sites is 1. The van der Waals surface area contributed by atoms with Crippen molar-refractivity contribution in [2.45, 2.75) is 13.1 Å². The number of fused-ring (bicyclic) bond motifs is 3. The van der Waals surface area contributed by atoms with E-state index in [0.29, 0.717) is 11.5 Å². The number of aromatic hydroxyl groups is 1. The summed E-state index contributed by atoms with van der Waals surface area (Å²) in [5.74, 6) is 0.711. The van der Waals surface area contributed by atoms with Crippen LogP contribution in [0.15, 0.2) is 42.5 Å². The van der Waals surface area contributed by atoms with Crippen molar-refractivity contribution in [1.29, 1.82) is 0 Å². The van der Waals surface area contributed by atoms with E-state index < -0.39 is 0 Å². The zero-order chi connectivity index (χ0) is 17.6. The van der Waals surface area contributed by atoms with Crippen LogP contribution in [0, 0.1) is 6.92 Å². The highest BCUT2D eigenvalue weighted by Crippen LogP contribution is 2.43. The second-order valence-electron chi connectivity index (χ2n) is 5.98. The van der Waals surface area contributed by atoms with E-state index in [-0.39, 0.29) is 11.9 Å². The van der Waals surface area contributed by atoms with E-state index in [1.54, 1.807) is 12.1 Å². The van der Waals surface area contributed by atoms with Gasteiger partial charge in [-0.2, -0.15) is 5.10 Å². The van der Waals surface area contributed by atoms with Gasteiger partial charge in [0.2, 0.25) is 5.75 Å². The number of anilines is 1. The Bertz CT molecular complexity index is 924. The average molecular weight is 337 g/mol. The normalized spacial score (nSPS) is 15.1. The van der Waals surface area contributed by atoms with E-state index in [2.05, 4.69) is 22.5 Å². The molecular formula is C19H19N3O3. The minimum atomic E-state index is -0.234. The van der Waals surface area contributed by atoms with E-state index in [1.807, 2.05) is 29.8 Å². The summed E-state index contributed by atoms with van der Waals surface area (Å²) in [7, 11) is 3.04. The van der Waals surface area contributed by atoms with Gasteiger partial charge in [-0.15, -0.1) is 0 Å². The lowest BCUT2D eigenvalue weighted by Crippen LogP contribution is -2.25. The fourth-order valence-corrected chi connectivity index (χ4v) is 3.25. The summed E-state index contributed by atoms with van der Waals surface area (Å²) >= 11 is 0. The van der Waals surface area contributed by atoms with Gasteiger partial charge in [0.25, 0.3) is 0 Å². The molecule has 0 bridgehead atoms. The lowest BCUT2D eigenvalue weighted by Gasteiger charge is -2.29. The maximum Gasteiger partial charge on any atom is 0.200 e. The van der Waals surface area contributed by atoms with Crippen LogP contribution in [0.5, 0.6) is 17.2 Å². The fourth-order valence-electron chi connectivity index (χ4n) is 3.25. The molecule has 1 aromatic heterocycles. The van der Waals surface area contributed by atoms with Crippen molar-refractivity contribution in [2.24, 2.45) is 0 Å². The quantitative estimate of drug-likeness (QED) is 0.765. The standard InChI is InChI=1S/C19H19N3O3/c1-11-8-15-13-6-4-5-7-14(13)20-19(22(15)21-11)12-9-16(24-2)18(23)17(10-12)25-3/h4-10,19-20,23H,1-3H3. The molecule has 4 rings (SSSR count). The number of aromatic nitrogens is 2. The second-order valence-corrected chi connectivity index (χ2v) is 5.98. The highest BCUT2D eigenvalue weighted by Gasteiger charge is 2.27. The van der Waals surface area contributed by atoms with Crippen molar-refractivity contribution in [3.05, 3.63) is 53.7 Å². The second kappa shape index (κ2) is 5.73. The first-order chi connectivity index (χ1) is 12.1. The third-order valence-electron chi connectivity index (χ3n) is 4.42. The SMILES string of the molecule is COc1cc(C2Nc3ccccc3-c3cc(C)nn32)cc(OC)c1O. The molecule has 2 aromatic carbocycles. The Balaban J connectivity index is 1.90. The molecule has 2 heterocycles. The number of nitrogens with zero attached hydrogens (tertiary/aromatic N) is 2. The number of phenols is 1. The molecule has 2 N–H and O–H groups in total. The smallest absolute Gasteiger partial charge is 0.200 e. The van der Waals surface area contributed by atoms with Crippen LogP contribution in [0.4, 0.5) is 5.69 Å². The number of nitrogens with one attached hydrogen (secondary N) is 1. The lowest BCUT2D eigenvalue weighted by molar-refractivity contribution is 0.338. The lowest BCUT2D eigenvalue weighted by atomic mass is 10.0. The van der Waals surface area contributed by atoms with Crippen molar-refractivity contribution in [2.75, 3.05) is 19.5 Å². The minimum Gasteiger partial charge on any atom is -0.502 e. The topological polar surface area (TPSA) is 68.5 Å². The van der Waals surface area contributed by atoms with Crippen LogP contribution in [0.1, 0.15) is 17.4 Å². The Morgan fingerprint density at radius 3 is 2.44 bits per heavy atom. The molecule has 0 aliphatic carbocycles. The molecule has 25 heavy (non-hydrogen) atoms. The van der Waals surface area contributed by atoms with Crippen molar-refractivity contribution in [3.8, 4) is 28.5 Å². The fraction of sp³-hybridized carbons (Fsp3) is 0.211. The van der Waals surface area contributed by atoms with Crippen LogP contribution < -0.4 is 14.8 Å². The molecule has 3 aromatic rings. The monoisotopic (exact) mass is 337 g/mol. The largest absolute Gasteiger partial charge is 0.502 e. The molecule has 1 atom stereocenters. The van der Waals surface area contributed by atoms with Gasteiger partial charge in [-0.1, -0.05) is 18.2 Å². The summed E-state index contributed by atoms with van der Waals surface area (Å²) < 4.78 is 12.5. The highest BCUT2D eigenvalue weighted by atomic mass is 16.5. The number of aryl methyl sites for hydroxylation is 1. The number of rotatable bonds is 3. The summed E-state index contributed by atoms with van der Waals surface area (Å²) in [4.78, 5) is 0. The maximum atomic E-state index is 10.2. The minimum absolute atomic E-state index is 0.0122. The number of hydrogen-bond donors (Lipinski definition) is 2. The summed E-state index contributed by atoms with van der Waals surface area (Å²) in [5, 5.41) is 18.3. The number of methoxy groups -OCH3 is 2. The molecule has 6 nitrogen and oxygen atoms in total. The van der Waals surface area contributed by atoms with Gasteiger partial charge >= 0.3 is 0 Å². The molecule has 0 fully saturated rings. The van der Waals surface area contributed by atoms with E-state index >= 15 is 0 Å². The summed E-state index contributed by atoms with van der Waals surface area (Å²) in [6.07, 6.45) is -0.234. The summed E-state index contributed by atoms with van der Waals surface area (Å²) in [6, 6.07) is 13.8. The van der Waals surface area contributed by atoms with Crippen LogP contribution in [0.2, 0.25) is 0 Å². The molecule has 0 saturated carbocycles. The molecule has 1 unspecified atom stereocenters. The molecule has 0 radical (unpaired) electrons. The molecule has 0 spiro atoms. The Kier molecular flexibility index (Phi) is 3.53. The third kappa shape index (κ3) is 2.38. The Morgan fingerprint density at radius 1 is 1.08 bits per heavy atom. The van der Waals surface area contributed by atoms with Gasteiger partial charge in [-0.05, 0) is 31.2 Å². The average Bonchev–Trinajstić information content (AvgIpc) is 3.03. The zero-order valence-electron chi connectivity index (χ0n) is 14.3. The van der Waals surface area contributed by atoms with Gasteiger partial charge in [0, 0.05) is 16.8 Å². The highest BCUT2D eigenvalue weighted by molar-refractivity contribution is 5.78. The van der Waals surface area contributed by atoms with E-state index in [0.717, 1.165) is 28.2 Å². The molecule has 0 saturated heterocycles. The van der Waals surface area contributed by atoms with Gasteiger partial charge in [0.05, 0.1) is 25.6 Å². The first-order valence-electron chi connectivity index (χ1n) is 7.99. The van der Waals surface area contributed by atoms with Crippen molar-refractivity contribution < 1.29 is 14.6 Å². The van der Waals surface area contributed by atoms with Crippen LogP contribution in [0.25, 0.3) is 11.3 Å². The van der Waals surface area contributed by atoms with Crippen molar-refractivity contribution in [3.63, 3.8) is 0 Å². The number of benzene rings is 2. The maximum absolute atomic E-state index is 10.2. The number of hydrogen-bond acceptors (Lipinski definition) is 5. The van der Waals surface area contributed by atoms with Crippen molar-refractivity contribution >= 4 is 5.69 Å². The molecule has 0 amide bonds. The summed E-state index contributed by atoms with van der Waals surface area (Å²) in [6.45, 7) is 1.98. The first-order valence-corrected chi connectivity index (χ1v) is 7.99. The summed E-state index contributed by atoms with van der Waals surface area (Å²) in [5.41, 5.74) is 5.01. The molecule has 128 valence electrons. The predicted molar refractivity (Wildman–Crippen MR) is 95.4 cm³/mol. The van der Waals surface area contributed by atoms with Gasteiger partial charge in [-0.25, -0.2) is 4.68 Å². The molecule has 6 heteroatoms. The zero-order valence-corrected chi connectivity index (χ0v) is 14.3. The van der Waals surface area contributed by atoms with E-state index in [1.165, 1.54) is 14.2 Å². The van der Waals surface area contributed by atoms with E-state index in [9.17, 15) is 5.11 Å². The Labute approximate surface area is 145 Å². The Hall–Kier alpha value is -3.15. The molecule has 1 aliphatic heterocycles. The van der Waals surface area contributed by atoms with Gasteiger partial charge in [-0.3, -0.25) is 0 Å². The van der Waals surface area contributed by atoms with Crippen LogP contribution >= 0.6 is 0 Å². The third-order valence-corrected chi connectivity index (χ3v) is 4.42. The van der Waals surface area contributed by atoms with Crippen molar-refractivity contribution in [1.82, 2.24) is 9.78 Å². The predicted octanol–water partition coefficient (Wildman–Crippen LogP) is 3.55. The Morgan fingerprint density at radius 2 is 1.76 bits per heavy atom. The first kappa shape index (κ1) is 15.4.